The van der Waals surface area contributed by atoms with Crippen LogP contribution < -0.4 is 15.9 Å². The summed E-state index contributed by atoms with van der Waals surface area (Å²) >= 11 is 0. The van der Waals surface area contributed by atoms with Crippen molar-refractivity contribution < 1.29 is 24.6 Å². The number of rotatable bonds is 6. The molecule has 0 unspecified atom stereocenters. The van der Waals surface area contributed by atoms with Crippen molar-refractivity contribution in [1.29, 1.82) is 0 Å². The second-order valence-corrected chi connectivity index (χ2v) is 3.80. The van der Waals surface area contributed by atoms with Crippen molar-refractivity contribution in [3.8, 4) is 0 Å². The van der Waals surface area contributed by atoms with Gasteiger partial charge in [0.25, 0.3) is 0 Å². The largest absolute Gasteiger partial charge is 0.550 e. The van der Waals surface area contributed by atoms with Gasteiger partial charge in [0.15, 0.2) is 5.78 Å². The highest BCUT2D eigenvalue weighted by Crippen LogP contribution is 2.08. The molecule has 0 amide bonds. The van der Waals surface area contributed by atoms with Crippen LogP contribution in [0.2, 0.25) is 0 Å². The molecule has 0 fully saturated rings. The van der Waals surface area contributed by atoms with Gasteiger partial charge in [-0.1, -0.05) is 24.3 Å². The molecule has 6 nitrogen and oxygen atoms in total. The van der Waals surface area contributed by atoms with Gasteiger partial charge in [0.1, 0.15) is 0 Å². The monoisotopic (exact) mass is 249 g/mol. The Bertz CT molecular complexity index is 466. The molecule has 1 atom stereocenters. The molecule has 0 saturated carbocycles. The molecule has 0 aromatic heterocycles. The summed E-state index contributed by atoms with van der Waals surface area (Å²) in [4.78, 5) is 32.0. The van der Waals surface area contributed by atoms with Crippen molar-refractivity contribution >= 4 is 17.7 Å². The van der Waals surface area contributed by atoms with E-state index in [1.807, 2.05) is 0 Å². The number of carbonyl (C=O) groups is 3. The van der Waals surface area contributed by atoms with E-state index in [-0.39, 0.29) is 12.0 Å². The number of hydrogen-bond acceptors (Lipinski definition) is 6. The average Bonchev–Trinajstić information content (AvgIpc) is 2.28. The lowest BCUT2D eigenvalue weighted by molar-refractivity contribution is -0.307. The third kappa shape index (κ3) is 3.99. The predicted molar refractivity (Wildman–Crippen MR) is 57.1 cm³/mol. The molecule has 0 spiro atoms. The van der Waals surface area contributed by atoms with Crippen molar-refractivity contribution in [2.75, 3.05) is 0 Å². The zero-order valence-electron chi connectivity index (χ0n) is 9.42. The first kappa shape index (κ1) is 13.9. The minimum atomic E-state index is -1.44. The van der Waals surface area contributed by atoms with Crippen LogP contribution >= 0.6 is 0 Å². The molecule has 1 aromatic rings. The summed E-state index contributed by atoms with van der Waals surface area (Å²) in [6.07, 6.45) is -0.602. The van der Waals surface area contributed by atoms with Crippen LogP contribution in [0.4, 0.5) is 0 Å². The molecule has 0 bridgehead atoms. The fourth-order valence-electron chi connectivity index (χ4n) is 1.40. The molecule has 0 radical (unpaired) electrons. The number of hydrogen-bond donors (Lipinski definition) is 1. The molecule has 0 aliphatic heterocycles. The predicted octanol–water partition coefficient (Wildman–Crippen LogP) is -2.37. The SMILES string of the molecule is N[C@@H](Cc1ccc(C(=O)CC(=O)[O-])cc1)C(=O)[O-]. The van der Waals surface area contributed by atoms with Crippen LogP contribution in [-0.4, -0.2) is 23.8 Å². The zero-order chi connectivity index (χ0) is 13.7. The quantitative estimate of drug-likeness (QED) is 0.444. The number of carboxylic acids is 2. The first-order chi connectivity index (χ1) is 8.40. The average molecular weight is 249 g/mol. The lowest BCUT2D eigenvalue weighted by atomic mass is 10.0. The lowest BCUT2D eigenvalue weighted by Gasteiger charge is -2.12. The van der Waals surface area contributed by atoms with E-state index in [0.29, 0.717) is 5.56 Å². The molecule has 6 heteroatoms. The Morgan fingerprint density at radius 3 is 2.11 bits per heavy atom. The van der Waals surface area contributed by atoms with Gasteiger partial charge in [-0.25, -0.2) is 0 Å². The van der Waals surface area contributed by atoms with Crippen molar-refractivity contribution in [3.63, 3.8) is 0 Å². The van der Waals surface area contributed by atoms with E-state index in [2.05, 4.69) is 0 Å². The van der Waals surface area contributed by atoms with E-state index in [9.17, 15) is 24.6 Å². The van der Waals surface area contributed by atoms with Gasteiger partial charge in [0, 0.05) is 17.6 Å². The molecule has 0 heterocycles. The minimum Gasteiger partial charge on any atom is -0.550 e. The molecular formula is C12H11NO5-2. The maximum atomic E-state index is 11.3. The summed E-state index contributed by atoms with van der Waals surface area (Å²) in [5, 5.41) is 20.7. The second kappa shape index (κ2) is 5.92. The molecule has 96 valence electrons. The summed E-state index contributed by atoms with van der Waals surface area (Å²) in [7, 11) is 0. The Morgan fingerprint density at radius 1 is 1.11 bits per heavy atom. The van der Waals surface area contributed by atoms with E-state index in [1.165, 1.54) is 24.3 Å². The van der Waals surface area contributed by atoms with Gasteiger partial charge >= 0.3 is 0 Å². The molecular weight excluding hydrogens is 238 g/mol. The Balaban J connectivity index is 2.71. The normalized spacial score (nSPS) is 11.8. The van der Waals surface area contributed by atoms with E-state index in [0.717, 1.165) is 0 Å². The number of carboxylic acid groups (broad SMARTS) is 2. The van der Waals surface area contributed by atoms with Crippen molar-refractivity contribution in [2.45, 2.75) is 18.9 Å². The molecule has 0 saturated heterocycles. The van der Waals surface area contributed by atoms with Crippen LogP contribution in [0.3, 0.4) is 0 Å². The van der Waals surface area contributed by atoms with Crippen LogP contribution in [0.1, 0.15) is 22.3 Å². The highest BCUT2D eigenvalue weighted by molar-refractivity contribution is 6.05. The Kier molecular flexibility index (Phi) is 4.56. The first-order valence-electron chi connectivity index (χ1n) is 5.18. The molecule has 1 aromatic carbocycles. The van der Waals surface area contributed by atoms with Gasteiger partial charge in [-0.3, -0.25) is 4.79 Å². The molecule has 1 rings (SSSR count). The van der Waals surface area contributed by atoms with E-state index < -0.39 is 30.2 Å². The number of Topliss-reactive ketones (excluding diaryl/α,β-unsaturated/α-hetero) is 1. The number of ketones is 1. The third-order valence-electron chi connectivity index (χ3n) is 2.34. The minimum absolute atomic E-state index is 0.0806. The van der Waals surface area contributed by atoms with E-state index in [4.69, 9.17) is 5.73 Å². The van der Waals surface area contributed by atoms with Gasteiger partial charge in [0.05, 0.1) is 12.4 Å². The van der Waals surface area contributed by atoms with Crippen LogP contribution in [0, 0.1) is 0 Å². The van der Waals surface area contributed by atoms with Gasteiger partial charge < -0.3 is 25.5 Å². The molecule has 0 aliphatic rings. The number of nitrogens with two attached hydrogens (primary N) is 1. The number of aliphatic carboxylic acids is 2. The van der Waals surface area contributed by atoms with Gasteiger partial charge in [-0.15, -0.1) is 0 Å². The van der Waals surface area contributed by atoms with E-state index in [1.54, 1.807) is 0 Å². The van der Waals surface area contributed by atoms with Crippen LogP contribution in [-0.2, 0) is 16.0 Å². The zero-order valence-corrected chi connectivity index (χ0v) is 9.42. The first-order valence-corrected chi connectivity index (χ1v) is 5.18. The summed E-state index contributed by atoms with van der Waals surface area (Å²) in [6, 6.07) is 4.76. The Labute approximate surface area is 103 Å². The van der Waals surface area contributed by atoms with Gasteiger partial charge in [0.2, 0.25) is 0 Å². The fourth-order valence-corrected chi connectivity index (χ4v) is 1.40. The molecule has 2 N–H and O–H groups in total. The van der Waals surface area contributed by atoms with E-state index >= 15 is 0 Å². The third-order valence-corrected chi connectivity index (χ3v) is 2.34. The fraction of sp³-hybridized carbons (Fsp3) is 0.250. The number of carbonyl (C=O) groups excluding carboxylic acids is 3. The maximum absolute atomic E-state index is 11.3. The topological polar surface area (TPSA) is 123 Å². The Morgan fingerprint density at radius 2 is 1.67 bits per heavy atom. The van der Waals surface area contributed by atoms with Gasteiger partial charge in [-0.2, -0.15) is 0 Å². The lowest BCUT2D eigenvalue weighted by Crippen LogP contribution is -2.43. The van der Waals surface area contributed by atoms with Crippen LogP contribution in [0.5, 0.6) is 0 Å². The second-order valence-electron chi connectivity index (χ2n) is 3.80. The smallest absolute Gasteiger partial charge is 0.168 e. The molecule has 0 aliphatic carbocycles. The van der Waals surface area contributed by atoms with Crippen LogP contribution in [0.15, 0.2) is 24.3 Å². The van der Waals surface area contributed by atoms with Crippen molar-refractivity contribution in [2.24, 2.45) is 5.73 Å². The highest BCUT2D eigenvalue weighted by atomic mass is 16.4. The summed E-state index contributed by atoms with van der Waals surface area (Å²) in [5.41, 5.74) is 6.15. The van der Waals surface area contributed by atoms with Crippen LogP contribution in [0.25, 0.3) is 0 Å². The summed E-state index contributed by atoms with van der Waals surface area (Å²) in [6.45, 7) is 0. The van der Waals surface area contributed by atoms with Crippen molar-refractivity contribution in [3.05, 3.63) is 35.4 Å². The number of benzene rings is 1. The van der Waals surface area contributed by atoms with Gasteiger partial charge in [-0.05, 0) is 12.0 Å². The molecule has 18 heavy (non-hydrogen) atoms. The highest BCUT2D eigenvalue weighted by Gasteiger charge is 2.08. The summed E-state index contributed by atoms with van der Waals surface area (Å²) in [5.74, 6) is -3.36. The standard InChI is InChI=1S/C12H13NO5/c13-9(12(17)18)5-7-1-3-8(4-2-7)10(14)6-11(15)16/h1-4,9H,5-6,13H2,(H,15,16)(H,17,18)/p-2/t9-/m0/s1. The Hall–Kier alpha value is -2.21. The maximum Gasteiger partial charge on any atom is 0.168 e. The van der Waals surface area contributed by atoms with Crippen molar-refractivity contribution in [1.82, 2.24) is 0 Å². The summed E-state index contributed by atoms with van der Waals surface area (Å²) < 4.78 is 0.